The van der Waals surface area contributed by atoms with Crippen molar-refractivity contribution < 1.29 is 14.6 Å². The van der Waals surface area contributed by atoms with Gasteiger partial charge in [0.2, 0.25) is 0 Å². The molecule has 0 aliphatic rings. The molecule has 0 heterocycles. The van der Waals surface area contributed by atoms with Crippen LogP contribution in [0.3, 0.4) is 0 Å². The molecular formula is C12H27NO3. The Morgan fingerprint density at radius 1 is 1.06 bits per heavy atom. The van der Waals surface area contributed by atoms with Gasteiger partial charge in [0.05, 0.1) is 13.2 Å². The molecular weight excluding hydrogens is 206 g/mol. The van der Waals surface area contributed by atoms with Crippen LogP contribution in [0.4, 0.5) is 0 Å². The molecule has 0 aromatic rings. The third kappa shape index (κ3) is 8.05. The van der Waals surface area contributed by atoms with Crippen molar-refractivity contribution in [3.05, 3.63) is 0 Å². The Labute approximate surface area is 99.5 Å². The highest BCUT2D eigenvalue weighted by Crippen LogP contribution is 2.04. The van der Waals surface area contributed by atoms with Crippen molar-refractivity contribution in [1.82, 2.24) is 4.90 Å². The molecule has 4 heteroatoms. The zero-order valence-electron chi connectivity index (χ0n) is 10.9. The van der Waals surface area contributed by atoms with Gasteiger partial charge in [0.1, 0.15) is 0 Å². The molecule has 98 valence electrons. The van der Waals surface area contributed by atoms with Gasteiger partial charge in [-0.1, -0.05) is 0 Å². The van der Waals surface area contributed by atoms with E-state index < -0.39 is 0 Å². The Bertz CT molecular complexity index is 144. The summed E-state index contributed by atoms with van der Waals surface area (Å²) in [5, 5.41) is 8.71. The molecule has 4 nitrogen and oxygen atoms in total. The standard InChI is InChI=1S/C12H27NO3/c1-12(11-16-3)13(8-10-15-2)7-5-4-6-9-14/h12,14H,4-11H2,1-3H3. The monoisotopic (exact) mass is 233 g/mol. The summed E-state index contributed by atoms with van der Waals surface area (Å²) in [4.78, 5) is 2.38. The molecule has 1 atom stereocenters. The lowest BCUT2D eigenvalue weighted by atomic mass is 10.2. The molecule has 1 unspecified atom stereocenters. The van der Waals surface area contributed by atoms with E-state index in [2.05, 4.69) is 11.8 Å². The fraction of sp³-hybridized carbons (Fsp3) is 1.00. The molecule has 0 radical (unpaired) electrons. The number of rotatable bonds is 11. The van der Waals surface area contributed by atoms with Gasteiger partial charge in [-0.25, -0.2) is 0 Å². The fourth-order valence-electron chi connectivity index (χ4n) is 1.71. The molecule has 16 heavy (non-hydrogen) atoms. The number of hydrogen-bond acceptors (Lipinski definition) is 4. The lowest BCUT2D eigenvalue weighted by molar-refractivity contribution is 0.0737. The number of methoxy groups -OCH3 is 2. The molecule has 0 saturated carbocycles. The number of aliphatic hydroxyl groups is 1. The minimum Gasteiger partial charge on any atom is -0.396 e. The van der Waals surface area contributed by atoms with E-state index in [1.807, 2.05) is 0 Å². The van der Waals surface area contributed by atoms with Gasteiger partial charge in [0.15, 0.2) is 0 Å². The summed E-state index contributed by atoms with van der Waals surface area (Å²) < 4.78 is 10.3. The molecule has 0 aromatic carbocycles. The fourth-order valence-corrected chi connectivity index (χ4v) is 1.71. The lowest BCUT2D eigenvalue weighted by Crippen LogP contribution is -2.39. The number of unbranched alkanes of at least 4 members (excludes halogenated alkanes) is 2. The summed E-state index contributed by atoms with van der Waals surface area (Å²) in [6.07, 6.45) is 3.11. The van der Waals surface area contributed by atoms with Crippen LogP contribution < -0.4 is 0 Å². The highest BCUT2D eigenvalue weighted by molar-refractivity contribution is 4.66. The zero-order chi connectivity index (χ0) is 12.2. The van der Waals surface area contributed by atoms with E-state index in [0.29, 0.717) is 12.6 Å². The molecule has 0 amide bonds. The maximum Gasteiger partial charge on any atom is 0.0615 e. The number of ether oxygens (including phenoxy) is 2. The van der Waals surface area contributed by atoms with Gasteiger partial charge >= 0.3 is 0 Å². The van der Waals surface area contributed by atoms with Crippen molar-refractivity contribution in [2.24, 2.45) is 0 Å². The van der Waals surface area contributed by atoms with E-state index in [1.165, 1.54) is 0 Å². The summed E-state index contributed by atoms with van der Waals surface area (Å²) in [6, 6.07) is 0.425. The van der Waals surface area contributed by atoms with Gasteiger partial charge in [-0.05, 0) is 32.7 Å². The molecule has 0 spiro atoms. The summed E-state index contributed by atoms with van der Waals surface area (Å²) >= 11 is 0. The summed E-state index contributed by atoms with van der Waals surface area (Å²) in [5.41, 5.74) is 0. The average molecular weight is 233 g/mol. The molecule has 0 bridgehead atoms. The molecule has 0 fully saturated rings. The van der Waals surface area contributed by atoms with Crippen LogP contribution in [-0.4, -0.2) is 63.2 Å². The van der Waals surface area contributed by atoms with Crippen molar-refractivity contribution in [3.63, 3.8) is 0 Å². The summed E-state index contributed by atoms with van der Waals surface area (Å²) in [7, 11) is 3.46. The van der Waals surface area contributed by atoms with E-state index in [9.17, 15) is 0 Å². The topological polar surface area (TPSA) is 41.9 Å². The smallest absolute Gasteiger partial charge is 0.0615 e. The highest BCUT2D eigenvalue weighted by Gasteiger charge is 2.12. The minimum atomic E-state index is 0.297. The van der Waals surface area contributed by atoms with E-state index in [-0.39, 0.29) is 0 Å². The third-order valence-electron chi connectivity index (χ3n) is 2.72. The SMILES string of the molecule is COCCN(CCCCCO)C(C)COC. The number of hydrogen-bond donors (Lipinski definition) is 1. The van der Waals surface area contributed by atoms with E-state index in [0.717, 1.165) is 45.6 Å². The van der Waals surface area contributed by atoms with Crippen LogP contribution in [0.2, 0.25) is 0 Å². The molecule has 0 aromatic heterocycles. The van der Waals surface area contributed by atoms with Crippen LogP contribution in [0.5, 0.6) is 0 Å². The third-order valence-corrected chi connectivity index (χ3v) is 2.72. The Morgan fingerprint density at radius 3 is 2.38 bits per heavy atom. The summed E-state index contributed by atoms with van der Waals surface area (Å²) in [6.45, 7) is 5.97. The largest absolute Gasteiger partial charge is 0.396 e. The second-order valence-corrected chi connectivity index (χ2v) is 4.12. The van der Waals surface area contributed by atoms with E-state index in [4.69, 9.17) is 14.6 Å². The van der Waals surface area contributed by atoms with E-state index >= 15 is 0 Å². The van der Waals surface area contributed by atoms with Crippen molar-refractivity contribution in [1.29, 1.82) is 0 Å². The molecule has 0 rings (SSSR count). The number of aliphatic hydroxyl groups excluding tert-OH is 1. The number of nitrogens with zero attached hydrogens (tertiary/aromatic N) is 1. The van der Waals surface area contributed by atoms with E-state index in [1.54, 1.807) is 14.2 Å². The molecule has 1 N–H and O–H groups in total. The Balaban J connectivity index is 3.79. The Hall–Kier alpha value is -0.160. The second-order valence-electron chi connectivity index (χ2n) is 4.12. The van der Waals surface area contributed by atoms with Gasteiger partial charge in [0, 0.05) is 33.4 Å². The molecule has 0 aliphatic carbocycles. The zero-order valence-corrected chi connectivity index (χ0v) is 10.9. The predicted molar refractivity (Wildman–Crippen MR) is 65.7 cm³/mol. The van der Waals surface area contributed by atoms with Crippen molar-refractivity contribution in [2.45, 2.75) is 32.2 Å². The van der Waals surface area contributed by atoms with Crippen molar-refractivity contribution in [2.75, 3.05) is 47.1 Å². The van der Waals surface area contributed by atoms with Crippen LogP contribution in [0.15, 0.2) is 0 Å². The van der Waals surface area contributed by atoms with Crippen LogP contribution in [0.25, 0.3) is 0 Å². The quantitative estimate of drug-likeness (QED) is 0.543. The predicted octanol–water partition coefficient (Wildman–Crippen LogP) is 1.13. The van der Waals surface area contributed by atoms with Crippen LogP contribution in [-0.2, 0) is 9.47 Å². The first-order valence-corrected chi connectivity index (χ1v) is 6.09. The van der Waals surface area contributed by atoms with Gasteiger partial charge in [-0.2, -0.15) is 0 Å². The van der Waals surface area contributed by atoms with Crippen molar-refractivity contribution in [3.8, 4) is 0 Å². The summed E-state index contributed by atoms with van der Waals surface area (Å²) in [5.74, 6) is 0. The first-order chi connectivity index (χ1) is 7.76. The Kier molecular flexibility index (Phi) is 11.2. The van der Waals surface area contributed by atoms with Gasteiger partial charge in [0.25, 0.3) is 0 Å². The molecule has 0 saturated heterocycles. The maximum atomic E-state index is 8.71. The first-order valence-electron chi connectivity index (χ1n) is 6.09. The van der Waals surface area contributed by atoms with Gasteiger partial charge < -0.3 is 14.6 Å². The maximum absolute atomic E-state index is 8.71. The van der Waals surface area contributed by atoms with Crippen LogP contribution in [0.1, 0.15) is 26.2 Å². The highest BCUT2D eigenvalue weighted by atomic mass is 16.5. The lowest BCUT2D eigenvalue weighted by Gasteiger charge is -2.28. The Morgan fingerprint density at radius 2 is 1.81 bits per heavy atom. The average Bonchev–Trinajstić information content (AvgIpc) is 2.28. The second kappa shape index (κ2) is 11.3. The van der Waals surface area contributed by atoms with Crippen LogP contribution in [0, 0.1) is 0 Å². The molecule has 0 aliphatic heterocycles. The van der Waals surface area contributed by atoms with Crippen LogP contribution >= 0.6 is 0 Å². The minimum absolute atomic E-state index is 0.297. The first kappa shape index (κ1) is 15.8. The van der Waals surface area contributed by atoms with Gasteiger partial charge in [-0.3, -0.25) is 4.90 Å². The normalized spacial score (nSPS) is 13.3. The van der Waals surface area contributed by atoms with Crippen molar-refractivity contribution >= 4 is 0 Å². The van der Waals surface area contributed by atoms with Gasteiger partial charge in [-0.15, -0.1) is 0 Å².